The van der Waals surface area contributed by atoms with Gasteiger partial charge in [0.25, 0.3) is 0 Å². The number of unbranched alkanes of at least 4 members (excludes halogenated alkanes) is 2. The molecule has 1 atom stereocenters. The Bertz CT molecular complexity index is 327. The second kappa shape index (κ2) is 8.37. The summed E-state index contributed by atoms with van der Waals surface area (Å²) in [5.74, 6) is 0. The molecule has 0 radical (unpaired) electrons. The van der Waals surface area contributed by atoms with Crippen molar-refractivity contribution in [3.8, 4) is 0 Å². The highest BCUT2D eigenvalue weighted by Crippen LogP contribution is 2.25. The smallest absolute Gasteiger partial charge is 0.0322 e. The summed E-state index contributed by atoms with van der Waals surface area (Å²) < 4.78 is 0. The van der Waals surface area contributed by atoms with E-state index in [2.05, 4.69) is 42.6 Å². The van der Waals surface area contributed by atoms with Crippen molar-refractivity contribution in [3.05, 3.63) is 35.9 Å². The lowest BCUT2D eigenvalue weighted by Crippen LogP contribution is -2.34. The highest BCUT2D eigenvalue weighted by molar-refractivity contribution is 5.19. The molecule has 19 heavy (non-hydrogen) atoms. The first kappa shape index (κ1) is 14.6. The number of benzene rings is 1. The van der Waals surface area contributed by atoms with Gasteiger partial charge in [-0.05, 0) is 24.8 Å². The van der Waals surface area contributed by atoms with E-state index in [1.807, 2.05) is 0 Å². The summed E-state index contributed by atoms with van der Waals surface area (Å²) >= 11 is 0. The van der Waals surface area contributed by atoms with E-state index in [9.17, 15) is 0 Å². The van der Waals surface area contributed by atoms with Crippen LogP contribution < -0.4 is 5.32 Å². The van der Waals surface area contributed by atoms with E-state index in [1.54, 1.807) is 0 Å². The number of nitrogens with one attached hydrogen (secondary N) is 1. The summed E-state index contributed by atoms with van der Waals surface area (Å²) in [6.45, 7) is 2.28. The molecule has 0 saturated heterocycles. The molecule has 2 rings (SSSR count). The van der Waals surface area contributed by atoms with Crippen molar-refractivity contribution in [2.24, 2.45) is 0 Å². The van der Waals surface area contributed by atoms with Gasteiger partial charge in [0.15, 0.2) is 0 Å². The van der Waals surface area contributed by atoms with Crippen LogP contribution in [0.25, 0.3) is 0 Å². The van der Waals surface area contributed by atoms with Crippen molar-refractivity contribution in [2.45, 2.75) is 76.8 Å². The second-order valence-electron chi connectivity index (χ2n) is 5.96. The van der Waals surface area contributed by atoms with E-state index in [4.69, 9.17) is 0 Å². The van der Waals surface area contributed by atoms with Gasteiger partial charge in [-0.1, -0.05) is 75.8 Å². The lowest BCUT2D eigenvalue weighted by atomic mass is 9.92. The van der Waals surface area contributed by atoms with E-state index in [0.29, 0.717) is 6.04 Å². The van der Waals surface area contributed by atoms with Gasteiger partial charge in [0.1, 0.15) is 0 Å². The van der Waals surface area contributed by atoms with Crippen LogP contribution in [-0.4, -0.2) is 6.04 Å². The van der Waals surface area contributed by atoms with Crippen molar-refractivity contribution in [3.63, 3.8) is 0 Å². The van der Waals surface area contributed by atoms with E-state index in [0.717, 1.165) is 6.04 Å². The lowest BCUT2D eigenvalue weighted by molar-refractivity contribution is 0.326. The Hall–Kier alpha value is -0.820. The molecule has 0 heterocycles. The minimum atomic E-state index is 0.566. The maximum Gasteiger partial charge on any atom is 0.0322 e. The quantitative estimate of drug-likeness (QED) is 0.661. The highest BCUT2D eigenvalue weighted by Gasteiger charge is 2.18. The molecule has 106 valence electrons. The van der Waals surface area contributed by atoms with Crippen molar-refractivity contribution in [1.82, 2.24) is 5.32 Å². The Labute approximate surface area is 118 Å². The van der Waals surface area contributed by atoms with Gasteiger partial charge in [0.2, 0.25) is 0 Å². The van der Waals surface area contributed by atoms with Gasteiger partial charge in [0.05, 0.1) is 0 Å². The SMILES string of the molecule is CCCCCC(NC1CCCCC1)c1ccccc1. The maximum atomic E-state index is 3.93. The van der Waals surface area contributed by atoms with Crippen LogP contribution in [0.3, 0.4) is 0 Å². The second-order valence-corrected chi connectivity index (χ2v) is 5.96. The minimum absolute atomic E-state index is 0.566. The van der Waals surface area contributed by atoms with Crippen LogP contribution in [0.4, 0.5) is 0 Å². The zero-order chi connectivity index (χ0) is 13.3. The lowest BCUT2D eigenvalue weighted by Gasteiger charge is -2.29. The predicted octanol–water partition coefficient (Wildman–Crippen LogP) is 5.23. The van der Waals surface area contributed by atoms with Crippen LogP contribution >= 0.6 is 0 Å². The number of hydrogen-bond donors (Lipinski definition) is 1. The zero-order valence-corrected chi connectivity index (χ0v) is 12.4. The Morgan fingerprint density at radius 2 is 1.79 bits per heavy atom. The molecule has 0 amide bonds. The summed E-state index contributed by atoms with van der Waals surface area (Å²) in [7, 11) is 0. The predicted molar refractivity (Wildman–Crippen MR) is 83.3 cm³/mol. The standard InChI is InChI=1S/C18H29N/c1-2-3-6-15-18(16-11-7-4-8-12-16)19-17-13-9-5-10-14-17/h4,7-8,11-12,17-19H,2-3,5-6,9-10,13-15H2,1H3. The molecule has 1 aromatic carbocycles. The molecule has 1 unspecified atom stereocenters. The van der Waals surface area contributed by atoms with Gasteiger partial charge in [-0.2, -0.15) is 0 Å². The summed E-state index contributed by atoms with van der Waals surface area (Å²) in [4.78, 5) is 0. The molecular weight excluding hydrogens is 230 g/mol. The Morgan fingerprint density at radius 3 is 2.47 bits per heavy atom. The van der Waals surface area contributed by atoms with Gasteiger partial charge in [-0.25, -0.2) is 0 Å². The summed E-state index contributed by atoms with van der Waals surface area (Å²) in [6, 6.07) is 12.3. The average Bonchev–Trinajstić information content (AvgIpc) is 2.48. The van der Waals surface area contributed by atoms with Gasteiger partial charge < -0.3 is 5.32 Å². The van der Waals surface area contributed by atoms with Crippen LogP contribution in [0.1, 0.15) is 76.3 Å². The Morgan fingerprint density at radius 1 is 1.05 bits per heavy atom. The Balaban J connectivity index is 1.92. The zero-order valence-electron chi connectivity index (χ0n) is 12.4. The fourth-order valence-corrected chi connectivity index (χ4v) is 3.18. The molecular formula is C18H29N. The fourth-order valence-electron chi connectivity index (χ4n) is 3.18. The van der Waals surface area contributed by atoms with E-state index in [-0.39, 0.29) is 0 Å². The van der Waals surface area contributed by atoms with Crippen molar-refractivity contribution in [2.75, 3.05) is 0 Å². The molecule has 1 aliphatic rings. The van der Waals surface area contributed by atoms with Crippen LogP contribution in [0.2, 0.25) is 0 Å². The monoisotopic (exact) mass is 259 g/mol. The number of hydrogen-bond acceptors (Lipinski definition) is 1. The minimum Gasteiger partial charge on any atom is -0.307 e. The molecule has 1 aliphatic carbocycles. The van der Waals surface area contributed by atoms with Crippen LogP contribution in [-0.2, 0) is 0 Å². The molecule has 0 aromatic heterocycles. The first-order chi connectivity index (χ1) is 9.40. The van der Waals surface area contributed by atoms with Gasteiger partial charge in [-0.15, -0.1) is 0 Å². The third-order valence-corrected chi connectivity index (χ3v) is 4.34. The third kappa shape index (κ3) is 4.99. The Kier molecular flexibility index (Phi) is 6.43. The number of rotatable bonds is 7. The maximum absolute atomic E-state index is 3.93. The van der Waals surface area contributed by atoms with E-state index < -0.39 is 0 Å². The molecule has 0 aliphatic heterocycles. The van der Waals surface area contributed by atoms with Gasteiger partial charge in [-0.3, -0.25) is 0 Å². The van der Waals surface area contributed by atoms with Crippen LogP contribution in [0, 0.1) is 0 Å². The normalized spacial score (nSPS) is 18.4. The first-order valence-electron chi connectivity index (χ1n) is 8.21. The van der Waals surface area contributed by atoms with E-state index >= 15 is 0 Å². The molecule has 1 fully saturated rings. The summed E-state index contributed by atoms with van der Waals surface area (Å²) in [6.07, 6.45) is 12.3. The topological polar surface area (TPSA) is 12.0 Å². The van der Waals surface area contributed by atoms with Crippen LogP contribution in [0.5, 0.6) is 0 Å². The summed E-state index contributed by atoms with van der Waals surface area (Å²) in [5.41, 5.74) is 1.48. The van der Waals surface area contributed by atoms with Crippen molar-refractivity contribution in [1.29, 1.82) is 0 Å². The largest absolute Gasteiger partial charge is 0.307 e. The molecule has 0 bridgehead atoms. The van der Waals surface area contributed by atoms with Crippen molar-refractivity contribution < 1.29 is 0 Å². The van der Waals surface area contributed by atoms with Gasteiger partial charge in [0, 0.05) is 12.1 Å². The first-order valence-corrected chi connectivity index (χ1v) is 8.21. The fraction of sp³-hybridized carbons (Fsp3) is 0.667. The molecule has 1 aromatic rings. The summed E-state index contributed by atoms with van der Waals surface area (Å²) in [5, 5.41) is 3.93. The molecule has 1 nitrogen and oxygen atoms in total. The van der Waals surface area contributed by atoms with Crippen molar-refractivity contribution >= 4 is 0 Å². The van der Waals surface area contributed by atoms with E-state index in [1.165, 1.54) is 63.4 Å². The third-order valence-electron chi connectivity index (χ3n) is 4.34. The van der Waals surface area contributed by atoms with Gasteiger partial charge >= 0.3 is 0 Å². The van der Waals surface area contributed by atoms with Crippen LogP contribution in [0.15, 0.2) is 30.3 Å². The molecule has 1 heteroatoms. The average molecular weight is 259 g/mol. The molecule has 1 saturated carbocycles. The molecule has 1 N–H and O–H groups in total. The highest BCUT2D eigenvalue weighted by atomic mass is 14.9. The molecule has 0 spiro atoms.